The van der Waals surface area contributed by atoms with Crippen molar-refractivity contribution in [3.63, 3.8) is 0 Å². The van der Waals surface area contributed by atoms with Crippen LogP contribution >= 0.6 is 0 Å². The van der Waals surface area contributed by atoms with Crippen molar-refractivity contribution >= 4 is 28.6 Å². The summed E-state index contributed by atoms with van der Waals surface area (Å²) in [5, 5.41) is 14.6. The number of aromatic nitrogens is 2. The first kappa shape index (κ1) is 15.9. The van der Waals surface area contributed by atoms with Gasteiger partial charge < -0.3 is 20.3 Å². The van der Waals surface area contributed by atoms with Crippen LogP contribution in [0.2, 0.25) is 0 Å². The molecule has 0 spiro atoms. The summed E-state index contributed by atoms with van der Waals surface area (Å²) in [6, 6.07) is 13.2. The molecule has 3 aromatic rings. The van der Waals surface area contributed by atoms with Crippen LogP contribution in [-0.2, 0) is 11.3 Å². The Morgan fingerprint density at radius 2 is 2.04 bits per heavy atom. The minimum atomic E-state index is -0.411. The molecule has 0 radical (unpaired) electrons. The molecule has 0 aliphatic carbocycles. The van der Waals surface area contributed by atoms with Crippen LogP contribution in [0.5, 0.6) is 0 Å². The van der Waals surface area contributed by atoms with Crippen molar-refractivity contribution in [2.75, 3.05) is 23.8 Å². The minimum Gasteiger partial charge on any atom is -0.395 e. The topological polar surface area (TPSA) is 79.2 Å². The van der Waals surface area contributed by atoms with Crippen molar-refractivity contribution in [2.45, 2.75) is 6.54 Å². The highest BCUT2D eigenvalue weighted by Crippen LogP contribution is 2.19. The van der Waals surface area contributed by atoms with E-state index >= 15 is 0 Å². The fraction of sp³-hybridized carbons (Fsp3) is 0.176. The first-order chi connectivity index (χ1) is 11.7. The summed E-state index contributed by atoms with van der Waals surface area (Å²) in [5.41, 5.74) is 1.94. The van der Waals surface area contributed by atoms with Crippen LogP contribution < -0.4 is 10.6 Å². The summed E-state index contributed by atoms with van der Waals surface area (Å²) in [5.74, 6) is -0.207. The van der Waals surface area contributed by atoms with Crippen LogP contribution in [-0.4, -0.2) is 33.7 Å². The number of anilines is 2. The Morgan fingerprint density at radius 1 is 1.21 bits per heavy atom. The first-order valence-corrected chi connectivity index (χ1v) is 7.53. The normalized spacial score (nSPS) is 10.8. The molecule has 0 fully saturated rings. The zero-order valence-electron chi connectivity index (χ0n) is 12.9. The van der Waals surface area contributed by atoms with Gasteiger partial charge in [-0.05, 0) is 30.3 Å². The standard InChI is InChI=1S/C17H17FN4O2/c18-12-4-3-5-13(10-12)20-16(24)11-22-15-7-2-1-6-14(15)21-17(22)19-8-9-23/h1-7,10,23H,8-9,11H2,(H,19,21)(H,20,24). The summed E-state index contributed by atoms with van der Waals surface area (Å²) in [4.78, 5) is 16.7. The number of carbonyl (C=O) groups excluding carboxylic acids is 1. The predicted molar refractivity (Wildman–Crippen MR) is 90.3 cm³/mol. The third-order valence-electron chi connectivity index (χ3n) is 3.46. The Hall–Kier alpha value is -2.93. The van der Waals surface area contributed by atoms with Crippen molar-refractivity contribution < 1.29 is 14.3 Å². The van der Waals surface area contributed by atoms with Gasteiger partial charge in [-0.3, -0.25) is 4.79 Å². The van der Waals surface area contributed by atoms with E-state index < -0.39 is 5.82 Å². The van der Waals surface area contributed by atoms with Crippen molar-refractivity contribution in [2.24, 2.45) is 0 Å². The van der Waals surface area contributed by atoms with Gasteiger partial charge in [-0.1, -0.05) is 18.2 Å². The zero-order valence-corrected chi connectivity index (χ0v) is 12.9. The number of benzene rings is 2. The number of imidazole rings is 1. The SMILES string of the molecule is O=C(Cn1c(NCCO)nc2ccccc21)Nc1cccc(F)c1. The molecule has 3 rings (SSSR count). The summed E-state index contributed by atoms with van der Waals surface area (Å²) in [6.07, 6.45) is 0. The lowest BCUT2D eigenvalue weighted by atomic mass is 10.3. The van der Waals surface area contributed by atoms with Crippen LogP contribution in [0.15, 0.2) is 48.5 Å². The maximum atomic E-state index is 13.2. The van der Waals surface area contributed by atoms with Crippen LogP contribution in [0.3, 0.4) is 0 Å². The lowest BCUT2D eigenvalue weighted by Crippen LogP contribution is -2.21. The van der Waals surface area contributed by atoms with Gasteiger partial charge in [0.2, 0.25) is 11.9 Å². The number of nitrogens with zero attached hydrogens (tertiary/aromatic N) is 2. The maximum Gasteiger partial charge on any atom is 0.244 e. The van der Waals surface area contributed by atoms with Crippen LogP contribution in [0.1, 0.15) is 0 Å². The third-order valence-corrected chi connectivity index (χ3v) is 3.46. The molecule has 0 saturated carbocycles. The second kappa shape index (κ2) is 7.10. The van der Waals surface area contributed by atoms with Crippen molar-refractivity contribution in [1.29, 1.82) is 0 Å². The highest BCUT2D eigenvalue weighted by Gasteiger charge is 2.13. The number of hydrogen-bond donors (Lipinski definition) is 3. The van der Waals surface area contributed by atoms with Gasteiger partial charge in [0.15, 0.2) is 0 Å². The van der Waals surface area contributed by atoms with Crippen molar-refractivity contribution in [3.8, 4) is 0 Å². The molecule has 1 amide bonds. The molecule has 3 N–H and O–H groups in total. The quantitative estimate of drug-likeness (QED) is 0.648. The number of hydrogen-bond acceptors (Lipinski definition) is 4. The number of halogens is 1. The molecule has 0 atom stereocenters. The summed E-state index contributed by atoms with van der Waals surface area (Å²) < 4.78 is 14.9. The van der Waals surface area contributed by atoms with E-state index in [0.717, 1.165) is 11.0 Å². The van der Waals surface area contributed by atoms with Gasteiger partial charge in [0.05, 0.1) is 17.6 Å². The molecular weight excluding hydrogens is 311 g/mol. The molecule has 124 valence electrons. The Labute approximate surface area is 137 Å². The fourth-order valence-corrected chi connectivity index (χ4v) is 2.45. The summed E-state index contributed by atoms with van der Waals surface area (Å²) >= 11 is 0. The average molecular weight is 328 g/mol. The molecule has 0 aliphatic rings. The molecule has 7 heteroatoms. The molecule has 1 aromatic heterocycles. The number of nitrogens with one attached hydrogen (secondary N) is 2. The lowest BCUT2D eigenvalue weighted by molar-refractivity contribution is -0.116. The number of carbonyl (C=O) groups is 1. The first-order valence-electron chi connectivity index (χ1n) is 7.53. The number of para-hydroxylation sites is 2. The lowest BCUT2D eigenvalue weighted by Gasteiger charge is -2.11. The maximum absolute atomic E-state index is 13.2. The Morgan fingerprint density at radius 3 is 2.83 bits per heavy atom. The van der Waals surface area contributed by atoms with Crippen molar-refractivity contribution in [3.05, 3.63) is 54.3 Å². The second-order valence-electron chi connectivity index (χ2n) is 5.22. The number of amides is 1. The van der Waals surface area contributed by atoms with E-state index in [0.29, 0.717) is 18.2 Å². The van der Waals surface area contributed by atoms with E-state index in [4.69, 9.17) is 5.11 Å². The van der Waals surface area contributed by atoms with E-state index in [9.17, 15) is 9.18 Å². The van der Waals surface area contributed by atoms with Gasteiger partial charge in [0.1, 0.15) is 12.4 Å². The highest BCUT2D eigenvalue weighted by atomic mass is 19.1. The largest absolute Gasteiger partial charge is 0.395 e. The molecule has 0 aliphatic heterocycles. The Kier molecular flexibility index (Phi) is 4.72. The van der Waals surface area contributed by atoms with E-state index in [1.165, 1.54) is 18.2 Å². The fourth-order valence-electron chi connectivity index (χ4n) is 2.45. The van der Waals surface area contributed by atoms with Gasteiger partial charge in [-0.2, -0.15) is 0 Å². The number of fused-ring (bicyclic) bond motifs is 1. The molecule has 0 saturated heterocycles. The van der Waals surface area contributed by atoms with Crippen LogP contribution in [0, 0.1) is 5.82 Å². The summed E-state index contributed by atoms with van der Waals surface area (Å²) in [6.45, 7) is 0.304. The Bertz CT molecular complexity index is 863. The highest BCUT2D eigenvalue weighted by molar-refractivity contribution is 5.92. The zero-order chi connectivity index (χ0) is 16.9. The van der Waals surface area contributed by atoms with Gasteiger partial charge in [0.25, 0.3) is 0 Å². The van der Waals surface area contributed by atoms with Gasteiger partial charge >= 0.3 is 0 Å². The predicted octanol–water partition coefficient (Wildman–Crippen LogP) is 2.22. The van der Waals surface area contributed by atoms with E-state index in [1.807, 2.05) is 24.3 Å². The van der Waals surface area contributed by atoms with E-state index in [2.05, 4.69) is 15.6 Å². The molecule has 0 bridgehead atoms. The average Bonchev–Trinajstić information content (AvgIpc) is 2.90. The van der Waals surface area contributed by atoms with Gasteiger partial charge in [0, 0.05) is 12.2 Å². The minimum absolute atomic E-state index is 0.0186. The molecule has 2 aromatic carbocycles. The monoisotopic (exact) mass is 328 g/mol. The second-order valence-corrected chi connectivity index (χ2v) is 5.22. The van der Waals surface area contributed by atoms with E-state index in [-0.39, 0.29) is 19.1 Å². The third kappa shape index (κ3) is 3.52. The Balaban J connectivity index is 1.83. The number of aliphatic hydroxyl groups excluding tert-OH is 1. The number of aliphatic hydroxyl groups is 1. The molecule has 24 heavy (non-hydrogen) atoms. The number of rotatable bonds is 6. The van der Waals surface area contributed by atoms with E-state index in [1.54, 1.807) is 10.6 Å². The van der Waals surface area contributed by atoms with Crippen molar-refractivity contribution in [1.82, 2.24) is 9.55 Å². The van der Waals surface area contributed by atoms with Gasteiger partial charge in [-0.15, -0.1) is 0 Å². The molecule has 0 unspecified atom stereocenters. The van der Waals surface area contributed by atoms with Gasteiger partial charge in [-0.25, -0.2) is 9.37 Å². The molecule has 1 heterocycles. The smallest absolute Gasteiger partial charge is 0.244 e. The van der Waals surface area contributed by atoms with Crippen LogP contribution in [0.4, 0.5) is 16.0 Å². The van der Waals surface area contributed by atoms with Crippen LogP contribution in [0.25, 0.3) is 11.0 Å². The molecular formula is C17H17FN4O2. The summed E-state index contributed by atoms with van der Waals surface area (Å²) in [7, 11) is 0. The molecule has 6 nitrogen and oxygen atoms in total.